The van der Waals surface area contributed by atoms with E-state index in [0.29, 0.717) is 0 Å². The molecule has 0 bridgehead atoms. The largest absolute Gasteiger partial charge is 0.311 e. The highest BCUT2D eigenvalue weighted by Gasteiger charge is 2.11. The molecule has 5 aromatic rings. The molecule has 0 heterocycles. The molecule has 1 nitrogen and oxygen atoms in total. The summed E-state index contributed by atoms with van der Waals surface area (Å²) in [6.45, 7) is 0. The van der Waals surface area contributed by atoms with Gasteiger partial charge >= 0.3 is 0 Å². The summed E-state index contributed by atoms with van der Waals surface area (Å²) >= 11 is 0. The molecule has 0 aliphatic heterocycles. The van der Waals surface area contributed by atoms with Gasteiger partial charge in [-0.1, -0.05) is 119 Å². The molecule has 189 valence electrons. The first-order valence-corrected chi connectivity index (χ1v) is 14.8. The summed E-state index contributed by atoms with van der Waals surface area (Å²) < 4.78 is 0. The highest BCUT2D eigenvalue weighted by Crippen LogP contribution is 2.33. The van der Waals surface area contributed by atoms with Gasteiger partial charge in [0.25, 0.3) is 0 Å². The van der Waals surface area contributed by atoms with Gasteiger partial charge in [-0.15, -0.1) is 6.42 Å². The minimum Gasteiger partial charge on any atom is -0.311 e. The molecule has 0 saturated carbocycles. The van der Waals surface area contributed by atoms with E-state index in [1.54, 1.807) is 0 Å². The molecule has 0 aromatic heterocycles. The van der Waals surface area contributed by atoms with Crippen molar-refractivity contribution in [3.63, 3.8) is 0 Å². The number of rotatable bonds is 7. The van der Waals surface area contributed by atoms with Crippen LogP contribution < -0.4 is 10.1 Å². The maximum Gasteiger partial charge on any atom is 0.140 e. The normalized spacial score (nSPS) is 10.8. The number of allylic oxidation sites excluding steroid dienone is 1. The highest BCUT2D eigenvalue weighted by molar-refractivity contribution is 6.82. The standard InChI is InChI=1S/C38H28NSi/c1-2-32-21-23-34(24-22-32)29-31-40(38-19-10-5-11-20-38)30-13-12-14-33-25-27-37(28-26-33)39(35-15-6-3-7-16-35)36-17-8-4-9-18-36/h1,3-11,13,15-31H/b30-13+,31-29+. The van der Waals surface area contributed by atoms with Crippen molar-refractivity contribution in [2.24, 2.45) is 0 Å². The van der Waals surface area contributed by atoms with Gasteiger partial charge < -0.3 is 4.90 Å². The van der Waals surface area contributed by atoms with Crippen LogP contribution in [0.25, 0.3) is 6.08 Å². The molecule has 0 saturated heterocycles. The fourth-order valence-corrected chi connectivity index (χ4v) is 6.01. The molecule has 0 N–H and O–H groups in total. The van der Waals surface area contributed by atoms with Crippen LogP contribution in [-0.2, 0) is 0 Å². The van der Waals surface area contributed by atoms with E-state index in [2.05, 4.69) is 155 Å². The quantitative estimate of drug-likeness (QED) is 0.152. The zero-order chi connectivity index (χ0) is 27.4. The monoisotopic (exact) mass is 526 g/mol. The van der Waals surface area contributed by atoms with Crippen LogP contribution in [0.15, 0.2) is 157 Å². The Kier molecular flexibility index (Phi) is 8.88. The van der Waals surface area contributed by atoms with E-state index in [9.17, 15) is 0 Å². The topological polar surface area (TPSA) is 3.24 Å². The van der Waals surface area contributed by atoms with E-state index < -0.39 is 8.80 Å². The van der Waals surface area contributed by atoms with E-state index in [1.807, 2.05) is 30.3 Å². The summed E-state index contributed by atoms with van der Waals surface area (Å²) in [6, 6.07) is 47.9. The summed E-state index contributed by atoms with van der Waals surface area (Å²) in [5.74, 6) is 9.22. The first-order valence-electron chi connectivity index (χ1n) is 13.2. The van der Waals surface area contributed by atoms with Crippen molar-refractivity contribution >= 4 is 37.1 Å². The van der Waals surface area contributed by atoms with Gasteiger partial charge in [0, 0.05) is 28.2 Å². The van der Waals surface area contributed by atoms with Crippen LogP contribution in [0, 0.1) is 24.2 Å². The molecule has 5 rings (SSSR count). The van der Waals surface area contributed by atoms with Crippen LogP contribution >= 0.6 is 0 Å². The Hall–Kier alpha value is -5.28. The van der Waals surface area contributed by atoms with Crippen molar-refractivity contribution in [3.8, 4) is 24.2 Å². The lowest BCUT2D eigenvalue weighted by molar-refractivity contribution is 1.28. The molecule has 0 unspecified atom stereocenters. The number of benzene rings is 5. The average Bonchev–Trinajstić information content (AvgIpc) is 3.03. The molecular formula is C38H28NSi. The smallest absolute Gasteiger partial charge is 0.140 e. The molecule has 1 radical (unpaired) electrons. The first-order chi connectivity index (χ1) is 19.8. The number of para-hydroxylation sites is 2. The minimum absolute atomic E-state index is 0.891. The molecule has 0 aliphatic rings. The van der Waals surface area contributed by atoms with Gasteiger partial charge in [-0.25, -0.2) is 0 Å². The Morgan fingerprint density at radius 3 is 1.65 bits per heavy atom. The zero-order valence-electron chi connectivity index (χ0n) is 22.1. The number of hydrogen-bond donors (Lipinski definition) is 0. The Bertz CT molecular complexity index is 1630. The zero-order valence-corrected chi connectivity index (χ0v) is 23.1. The molecule has 0 aliphatic carbocycles. The minimum atomic E-state index is -1.08. The predicted molar refractivity (Wildman–Crippen MR) is 172 cm³/mol. The molecule has 2 heteroatoms. The molecule has 0 fully saturated rings. The van der Waals surface area contributed by atoms with Gasteiger partial charge in [-0.3, -0.25) is 0 Å². The molecule has 0 amide bonds. The van der Waals surface area contributed by atoms with Gasteiger partial charge in [-0.05, 0) is 72.3 Å². The summed E-state index contributed by atoms with van der Waals surface area (Å²) in [5.41, 5.74) is 10.9. The number of nitrogens with zero attached hydrogens (tertiary/aromatic N) is 1. The van der Waals surface area contributed by atoms with Gasteiger partial charge in [-0.2, -0.15) is 0 Å². The Labute approximate surface area is 239 Å². The van der Waals surface area contributed by atoms with E-state index in [1.165, 1.54) is 5.19 Å². The van der Waals surface area contributed by atoms with Crippen LogP contribution in [0.3, 0.4) is 0 Å². The number of anilines is 3. The third-order valence-corrected chi connectivity index (χ3v) is 8.41. The Morgan fingerprint density at radius 1 is 0.550 bits per heavy atom. The molecule has 0 atom stereocenters. The molecule has 0 spiro atoms. The summed E-state index contributed by atoms with van der Waals surface area (Å²) in [7, 11) is -1.08. The second-order valence-corrected chi connectivity index (χ2v) is 11.2. The third-order valence-electron chi connectivity index (χ3n) is 6.36. The fourth-order valence-electron chi connectivity index (χ4n) is 4.31. The average molecular weight is 527 g/mol. The maximum absolute atomic E-state index is 5.49. The van der Waals surface area contributed by atoms with Crippen LogP contribution in [-0.4, -0.2) is 8.80 Å². The Morgan fingerprint density at radius 2 is 1.07 bits per heavy atom. The number of terminal acetylenes is 1. The van der Waals surface area contributed by atoms with Gasteiger partial charge in [0.1, 0.15) is 8.80 Å². The SMILES string of the molecule is C#Cc1ccc(/C=C/[Si](/C=C/C#Cc2ccc(N(c3ccccc3)c3ccccc3)cc2)c2ccccc2)cc1. The van der Waals surface area contributed by atoms with E-state index in [4.69, 9.17) is 6.42 Å². The fraction of sp³-hybridized carbons (Fsp3) is 0. The second kappa shape index (κ2) is 13.5. The van der Waals surface area contributed by atoms with Gasteiger partial charge in [0.2, 0.25) is 0 Å². The van der Waals surface area contributed by atoms with Crippen molar-refractivity contribution in [2.45, 2.75) is 0 Å². The van der Waals surface area contributed by atoms with Crippen molar-refractivity contribution in [2.75, 3.05) is 4.90 Å². The van der Waals surface area contributed by atoms with Crippen molar-refractivity contribution in [1.82, 2.24) is 0 Å². The van der Waals surface area contributed by atoms with Crippen LogP contribution in [0.2, 0.25) is 0 Å². The summed E-state index contributed by atoms with van der Waals surface area (Å²) in [6.07, 6.45) is 9.65. The maximum atomic E-state index is 5.49. The van der Waals surface area contributed by atoms with E-state index in [-0.39, 0.29) is 0 Å². The summed E-state index contributed by atoms with van der Waals surface area (Å²) in [4.78, 5) is 2.25. The number of hydrogen-bond acceptors (Lipinski definition) is 1. The van der Waals surface area contributed by atoms with Gasteiger partial charge in [0.15, 0.2) is 0 Å². The van der Waals surface area contributed by atoms with Gasteiger partial charge in [0.05, 0.1) is 0 Å². The first kappa shape index (κ1) is 26.3. The Balaban J connectivity index is 1.34. The predicted octanol–water partition coefficient (Wildman–Crippen LogP) is 8.24. The van der Waals surface area contributed by atoms with E-state index >= 15 is 0 Å². The van der Waals surface area contributed by atoms with E-state index in [0.717, 1.165) is 33.8 Å². The second-order valence-electron chi connectivity index (χ2n) is 9.08. The van der Waals surface area contributed by atoms with Crippen LogP contribution in [0.1, 0.15) is 16.7 Å². The highest BCUT2D eigenvalue weighted by atomic mass is 28.3. The third kappa shape index (κ3) is 6.97. The lowest BCUT2D eigenvalue weighted by Crippen LogP contribution is -2.25. The molecular weight excluding hydrogens is 499 g/mol. The molecule has 40 heavy (non-hydrogen) atoms. The van der Waals surface area contributed by atoms with Crippen molar-refractivity contribution < 1.29 is 0 Å². The lowest BCUT2D eigenvalue weighted by Gasteiger charge is -2.25. The van der Waals surface area contributed by atoms with Crippen LogP contribution in [0.5, 0.6) is 0 Å². The van der Waals surface area contributed by atoms with Crippen molar-refractivity contribution in [1.29, 1.82) is 0 Å². The molecule has 5 aromatic carbocycles. The van der Waals surface area contributed by atoms with Crippen molar-refractivity contribution in [3.05, 3.63) is 174 Å². The summed E-state index contributed by atoms with van der Waals surface area (Å²) in [5, 5.41) is 1.31. The van der Waals surface area contributed by atoms with Crippen LogP contribution in [0.4, 0.5) is 17.1 Å². The lowest BCUT2D eigenvalue weighted by atomic mass is 10.1.